The van der Waals surface area contributed by atoms with Crippen LogP contribution in [0.2, 0.25) is 0 Å². The molecule has 3 aromatic carbocycles. The Balaban J connectivity index is 0.000000203. The van der Waals surface area contributed by atoms with Crippen molar-refractivity contribution in [3.8, 4) is 0 Å². The number of fused-ring (bicyclic) bond motifs is 3. The summed E-state index contributed by atoms with van der Waals surface area (Å²) in [6, 6.07) is 22.4. The second kappa shape index (κ2) is 12.7. The Bertz CT molecular complexity index is 1910. The van der Waals surface area contributed by atoms with Crippen molar-refractivity contribution in [3.63, 3.8) is 0 Å². The molecular formula is C36H38IrNO3S-. The fourth-order valence-electron chi connectivity index (χ4n) is 5.21. The molecule has 0 aliphatic rings. The Morgan fingerprint density at radius 3 is 2.26 bits per heavy atom. The first kappa shape index (κ1) is 31.9. The van der Waals surface area contributed by atoms with Crippen molar-refractivity contribution in [2.75, 3.05) is 0 Å². The zero-order valence-electron chi connectivity index (χ0n) is 25.1. The van der Waals surface area contributed by atoms with Crippen LogP contribution in [-0.4, -0.2) is 15.9 Å². The Hall–Kier alpha value is -3.05. The number of allylic oxidation sites excluding steroid dienone is 2. The maximum Gasteiger partial charge on any atom is 0.164 e. The molecule has 3 heterocycles. The van der Waals surface area contributed by atoms with E-state index in [1.807, 2.05) is 65.9 Å². The van der Waals surface area contributed by atoms with Crippen LogP contribution in [0.15, 0.2) is 77.0 Å². The van der Waals surface area contributed by atoms with E-state index in [1.54, 1.807) is 11.3 Å². The quantitative estimate of drug-likeness (QED) is 0.100. The SMILES string of the molecule is CCC(C)(CC)C(=O)/C=C(\O)C(C)(CC)CC.[Ir].[c-]1c2ccccc2cc2sc3cccc4oc5ccnc(c12)c5c43. The summed E-state index contributed by atoms with van der Waals surface area (Å²) >= 11 is 1.77. The van der Waals surface area contributed by atoms with E-state index in [4.69, 9.17) is 9.40 Å². The molecular weight excluding hydrogens is 719 g/mol. The Kier molecular flexibility index (Phi) is 9.62. The topological polar surface area (TPSA) is 63.3 Å². The molecule has 0 spiro atoms. The minimum absolute atomic E-state index is 0. The first-order chi connectivity index (χ1) is 19.7. The molecule has 0 saturated carbocycles. The van der Waals surface area contributed by atoms with Gasteiger partial charge >= 0.3 is 0 Å². The third kappa shape index (κ3) is 5.65. The summed E-state index contributed by atoms with van der Waals surface area (Å²) in [5, 5.41) is 15.8. The zero-order valence-corrected chi connectivity index (χ0v) is 28.3. The van der Waals surface area contributed by atoms with Gasteiger partial charge in [-0.3, -0.25) is 9.78 Å². The van der Waals surface area contributed by atoms with Gasteiger partial charge in [-0.2, -0.15) is 11.3 Å². The van der Waals surface area contributed by atoms with Crippen LogP contribution in [0.3, 0.4) is 0 Å². The fourth-order valence-corrected chi connectivity index (χ4v) is 6.33. The first-order valence-electron chi connectivity index (χ1n) is 14.6. The van der Waals surface area contributed by atoms with Crippen molar-refractivity contribution >= 4 is 70.1 Å². The standard InChI is InChI=1S/C21H10NOS.C15H28O2.Ir/c1-2-5-13-11-18-14(10-12(13)4-1)21-20-16(8-9-22-21)23-15-6-3-7-17(24-18)19(15)20;1-7-14(5,8-2)12(16)11-13(17)15(6,9-3)10-4;/h1-9,11H;11,16H,7-10H2,1-6H3;/q-1;;/b;12-11-;. The Labute approximate surface area is 265 Å². The molecule has 1 N–H and O–H groups in total. The molecule has 0 fully saturated rings. The maximum atomic E-state index is 12.2. The molecule has 3 aromatic heterocycles. The molecule has 0 aliphatic heterocycles. The van der Waals surface area contributed by atoms with Gasteiger partial charge in [0, 0.05) is 64.2 Å². The molecule has 0 aliphatic carbocycles. The number of furan rings is 1. The Morgan fingerprint density at radius 1 is 0.905 bits per heavy atom. The molecule has 0 amide bonds. The summed E-state index contributed by atoms with van der Waals surface area (Å²) in [5.74, 6) is 0.286. The number of aromatic nitrogens is 1. The van der Waals surface area contributed by atoms with Gasteiger partial charge in [0.05, 0.1) is 0 Å². The molecule has 4 nitrogen and oxygen atoms in total. The van der Waals surface area contributed by atoms with E-state index in [-0.39, 0.29) is 42.5 Å². The molecule has 6 heteroatoms. The van der Waals surface area contributed by atoms with Gasteiger partial charge in [0.25, 0.3) is 0 Å². The summed E-state index contributed by atoms with van der Waals surface area (Å²) in [4.78, 5) is 16.9. The van der Waals surface area contributed by atoms with E-state index in [2.05, 4.69) is 42.5 Å². The predicted octanol–water partition coefficient (Wildman–Crippen LogP) is 10.9. The van der Waals surface area contributed by atoms with Crippen molar-refractivity contribution in [1.29, 1.82) is 0 Å². The minimum atomic E-state index is -0.337. The number of aliphatic hydroxyl groups is 1. The number of nitrogens with zero attached hydrogens (tertiary/aromatic N) is 1. The third-order valence-electron chi connectivity index (χ3n) is 9.18. The van der Waals surface area contributed by atoms with Gasteiger partial charge in [-0.15, -0.1) is 23.6 Å². The number of aliphatic hydroxyl groups excluding tert-OH is 1. The second-order valence-corrected chi connectivity index (χ2v) is 12.5. The van der Waals surface area contributed by atoms with Crippen molar-refractivity contribution in [3.05, 3.63) is 78.7 Å². The van der Waals surface area contributed by atoms with Crippen molar-refractivity contribution in [1.82, 2.24) is 4.98 Å². The molecule has 0 saturated heterocycles. The van der Waals surface area contributed by atoms with Gasteiger partial charge in [-0.25, -0.2) is 0 Å². The summed E-state index contributed by atoms with van der Waals surface area (Å²) in [6.45, 7) is 12.1. The number of ketones is 1. The van der Waals surface area contributed by atoms with Crippen LogP contribution in [0.4, 0.5) is 0 Å². The van der Waals surface area contributed by atoms with Gasteiger partial charge in [0.1, 0.15) is 16.9 Å². The van der Waals surface area contributed by atoms with Crippen LogP contribution in [0.25, 0.3) is 53.0 Å². The molecule has 0 atom stereocenters. The number of carbonyl (C=O) groups is 1. The Morgan fingerprint density at radius 2 is 1.57 bits per heavy atom. The number of rotatable bonds is 7. The fraction of sp³-hybridized carbons (Fsp3) is 0.333. The second-order valence-electron chi connectivity index (χ2n) is 11.4. The monoisotopic (exact) mass is 757 g/mol. The average Bonchev–Trinajstić information content (AvgIpc) is 3.33. The van der Waals surface area contributed by atoms with Crippen LogP contribution in [0.5, 0.6) is 0 Å². The summed E-state index contributed by atoms with van der Waals surface area (Å²) < 4.78 is 8.45. The van der Waals surface area contributed by atoms with E-state index in [0.29, 0.717) is 0 Å². The van der Waals surface area contributed by atoms with Crippen LogP contribution < -0.4 is 0 Å². The summed E-state index contributed by atoms with van der Waals surface area (Å²) in [7, 11) is 0. The van der Waals surface area contributed by atoms with Crippen LogP contribution in [0.1, 0.15) is 67.2 Å². The van der Waals surface area contributed by atoms with Crippen molar-refractivity contribution in [2.24, 2.45) is 10.8 Å². The van der Waals surface area contributed by atoms with Gasteiger partial charge in [-0.1, -0.05) is 76.6 Å². The zero-order chi connectivity index (χ0) is 29.4. The average molecular weight is 757 g/mol. The predicted molar refractivity (Wildman–Crippen MR) is 174 cm³/mol. The third-order valence-corrected chi connectivity index (χ3v) is 10.3. The van der Waals surface area contributed by atoms with Gasteiger partial charge in [0.15, 0.2) is 5.78 Å². The molecule has 42 heavy (non-hydrogen) atoms. The molecule has 0 bridgehead atoms. The van der Waals surface area contributed by atoms with Gasteiger partial charge < -0.3 is 9.52 Å². The molecule has 1 radical (unpaired) electrons. The largest absolute Gasteiger partial charge is 0.512 e. The minimum Gasteiger partial charge on any atom is -0.512 e. The molecule has 6 aromatic rings. The van der Waals surface area contributed by atoms with E-state index < -0.39 is 0 Å². The van der Waals surface area contributed by atoms with Gasteiger partial charge in [-0.05, 0) is 48.6 Å². The summed E-state index contributed by atoms with van der Waals surface area (Å²) in [5.41, 5.74) is 2.16. The normalized spacial score (nSPS) is 12.6. The van der Waals surface area contributed by atoms with Crippen molar-refractivity contribution in [2.45, 2.75) is 67.2 Å². The van der Waals surface area contributed by atoms with Crippen LogP contribution >= 0.6 is 11.3 Å². The first-order valence-corrected chi connectivity index (χ1v) is 15.4. The smallest absolute Gasteiger partial charge is 0.164 e. The van der Waals surface area contributed by atoms with Gasteiger partial charge in [0.2, 0.25) is 0 Å². The molecule has 6 rings (SSSR count). The van der Waals surface area contributed by atoms with Crippen molar-refractivity contribution < 1.29 is 34.4 Å². The van der Waals surface area contributed by atoms with E-state index in [1.165, 1.54) is 20.9 Å². The van der Waals surface area contributed by atoms with E-state index >= 15 is 0 Å². The number of pyridine rings is 1. The molecule has 0 unspecified atom stereocenters. The molecule has 221 valence electrons. The van der Waals surface area contributed by atoms with Crippen LogP contribution in [-0.2, 0) is 24.9 Å². The number of hydrogen-bond acceptors (Lipinski definition) is 5. The summed E-state index contributed by atoms with van der Waals surface area (Å²) in [6.07, 6.45) is 6.58. The van der Waals surface area contributed by atoms with Crippen LogP contribution in [0, 0.1) is 16.9 Å². The maximum absolute atomic E-state index is 12.2. The number of carbonyl (C=O) groups excluding carboxylic acids is 1. The number of hydrogen-bond donors (Lipinski definition) is 1. The number of benzene rings is 3. The van der Waals surface area contributed by atoms with E-state index in [0.717, 1.165) is 63.9 Å². The van der Waals surface area contributed by atoms with E-state index in [9.17, 15) is 9.90 Å².